The molecule has 0 radical (unpaired) electrons. The maximum Gasteiger partial charge on any atom is 0.220 e. The Kier molecular flexibility index (Phi) is 13.8. The van der Waals surface area contributed by atoms with E-state index in [1.54, 1.807) is 24.3 Å². The number of hydrogen-bond acceptors (Lipinski definition) is 10. The van der Waals surface area contributed by atoms with Crippen LogP contribution in [0.25, 0.3) is 0 Å². The molecule has 2 aromatic carbocycles. The zero-order valence-electron chi connectivity index (χ0n) is 26.9. The van der Waals surface area contributed by atoms with Crippen LogP contribution in [0.3, 0.4) is 0 Å². The minimum absolute atomic E-state index is 0.130. The third-order valence-corrected chi connectivity index (χ3v) is 8.20. The van der Waals surface area contributed by atoms with E-state index in [0.717, 1.165) is 24.3 Å². The molecule has 3 N–H and O–H groups in total. The normalized spacial score (nSPS) is 23.1. The average Bonchev–Trinajstić information content (AvgIpc) is 3.61. The van der Waals surface area contributed by atoms with E-state index < -0.39 is 0 Å². The van der Waals surface area contributed by atoms with E-state index in [1.807, 2.05) is 24.3 Å². The fourth-order valence-corrected chi connectivity index (χ4v) is 5.62. The van der Waals surface area contributed by atoms with Gasteiger partial charge in [-0.15, -0.1) is 0 Å². The number of ether oxygens (including phenoxy) is 7. The fourth-order valence-electron chi connectivity index (χ4n) is 5.62. The lowest BCUT2D eigenvalue weighted by Crippen LogP contribution is -2.39. The number of benzene rings is 2. The molecule has 0 atom stereocenters. The van der Waals surface area contributed by atoms with Crippen LogP contribution < -0.4 is 24.8 Å². The molecule has 47 heavy (non-hydrogen) atoms. The van der Waals surface area contributed by atoms with Gasteiger partial charge in [-0.2, -0.15) is 0 Å². The highest BCUT2D eigenvalue weighted by molar-refractivity contribution is 5.83. The summed E-state index contributed by atoms with van der Waals surface area (Å²) < 4.78 is 40.8. The van der Waals surface area contributed by atoms with Gasteiger partial charge in [-0.1, -0.05) is 0 Å². The van der Waals surface area contributed by atoms with Crippen molar-refractivity contribution in [3.63, 3.8) is 0 Å². The van der Waals surface area contributed by atoms with Crippen molar-refractivity contribution in [1.82, 2.24) is 10.6 Å². The largest absolute Gasteiger partial charge is 0.508 e. The Balaban J connectivity index is 0.825. The van der Waals surface area contributed by atoms with Gasteiger partial charge >= 0.3 is 0 Å². The maximum atomic E-state index is 12.2. The third-order valence-electron chi connectivity index (χ3n) is 8.20. The lowest BCUT2D eigenvalue weighted by molar-refractivity contribution is -0.213. The Labute approximate surface area is 276 Å². The van der Waals surface area contributed by atoms with Crippen molar-refractivity contribution < 1.29 is 47.9 Å². The highest BCUT2D eigenvalue weighted by Crippen LogP contribution is 2.26. The molecule has 258 valence electrons. The molecule has 0 aromatic heterocycles. The van der Waals surface area contributed by atoms with Crippen molar-refractivity contribution in [3.05, 3.63) is 48.5 Å². The molecule has 2 aliphatic heterocycles. The molecule has 2 aromatic rings. The molecular formula is C35H48N2O10. The van der Waals surface area contributed by atoms with Gasteiger partial charge in [0.15, 0.2) is 12.6 Å². The Morgan fingerprint density at radius 3 is 1.43 bits per heavy atom. The summed E-state index contributed by atoms with van der Waals surface area (Å²) in [6.45, 7) is 2.63. The van der Waals surface area contributed by atoms with Gasteiger partial charge in [-0.25, -0.2) is 0 Å². The summed E-state index contributed by atoms with van der Waals surface area (Å²) in [7, 11) is 0. The summed E-state index contributed by atoms with van der Waals surface area (Å²) in [5.74, 6) is 2.13. The predicted octanol–water partition coefficient (Wildman–Crippen LogP) is 4.23. The van der Waals surface area contributed by atoms with Crippen LogP contribution in [0.4, 0.5) is 0 Å². The molecule has 5 rings (SSSR count). The predicted molar refractivity (Wildman–Crippen MR) is 171 cm³/mol. The molecule has 2 heterocycles. The second-order valence-corrected chi connectivity index (χ2v) is 12.1. The van der Waals surface area contributed by atoms with E-state index in [4.69, 9.17) is 33.2 Å². The smallest absolute Gasteiger partial charge is 0.220 e. The van der Waals surface area contributed by atoms with Crippen LogP contribution in [0.15, 0.2) is 48.5 Å². The summed E-state index contributed by atoms with van der Waals surface area (Å²) in [5.41, 5.74) is 0. The van der Waals surface area contributed by atoms with Gasteiger partial charge in [-0.05, 0) is 87.1 Å². The Bertz CT molecular complexity index is 1210. The molecule has 12 nitrogen and oxygen atoms in total. The Morgan fingerprint density at radius 2 is 1.00 bits per heavy atom. The Morgan fingerprint density at radius 1 is 0.617 bits per heavy atom. The number of aromatic hydroxyl groups is 1. The first kappa shape index (κ1) is 34.7. The molecule has 2 saturated heterocycles. The summed E-state index contributed by atoms with van der Waals surface area (Å²) in [6, 6.07) is 14.2. The van der Waals surface area contributed by atoms with Crippen molar-refractivity contribution in [2.24, 2.45) is 0 Å². The van der Waals surface area contributed by atoms with E-state index in [2.05, 4.69) is 10.6 Å². The summed E-state index contributed by atoms with van der Waals surface area (Å²) in [4.78, 5) is 24.3. The number of hydrogen-bond donors (Lipinski definition) is 3. The van der Waals surface area contributed by atoms with Gasteiger partial charge < -0.3 is 48.9 Å². The maximum absolute atomic E-state index is 12.2. The summed E-state index contributed by atoms with van der Waals surface area (Å²) in [5, 5.41) is 15.1. The van der Waals surface area contributed by atoms with Crippen LogP contribution in [0, 0.1) is 0 Å². The fraction of sp³-hybridized carbons (Fsp3) is 0.600. The monoisotopic (exact) mass is 656 g/mol. The van der Waals surface area contributed by atoms with Crippen LogP contribution >= 0.6 is 0 Å². The second kappa shape index (κ2) is 18.7. The molecule has 1 aliphatic carbocycles. The number of phenols is 1. The topological polar surface area (TPSA) is 143 Å². The van der Waals surface area contributed by atoms with Gasteiger partial charge in [-0.3, -0.25) is 9.59 Å². The van der Waals surface area contributed by atoms with E-state index in [1.165, 1.54) is 12.8 Å². The first-order chi connectivity index (χ1) is 23.0. The second-order valence-electron chi connectivity index (χ2n) is 12.1. The van der Waals surface area contributed by atoms with Gasteiger partial charge in [0, 0.05) is 38.8 Å². The van der Waals surface area contributed by atoms with Crippen molar-refractivity contribution in [3.8, 4) is 23.0 Å². The number of carbonyl (C=O) groups excluding carboxylic acids is 2. The zero-order valence-corrected chi connectivity index (χ0v) is 26.9. The van der Waals surface area contributed by atoms with E-state index >= 15 is 0 Å². The first-order valence-electron chi connectivity index (χ1n) is 16.9. The lowest BCUT2D eigenvalue weighted by Gasteiger charge is -2.29. The van der Waals surface area contributed by atoms with Crippen molar-refractivity contribution in [1.29, 1.82) is 0 Å². The zero-order chi connectivity index (χ0) is 32.7. The highest BCUT2D eigenvalue weighted by atomic mass is 16.7. The van der Waals surface area contributed by atoms with E-state index in [-0.39, 0.29) is 55.2 Å². The molecule has 3 fully saturated rings. The van der Waals surface area contributed by atoms with Gasteiger partial charge in [0.2, 0.25) is 11.8 Å². The molecule has 0 spiro atoms. The lowest BCUT2D eigenvalue weighted by atomic mass is 10.2. The standard InChI is InChI=1S/C35H48N2O10/c38-25-9-11-27(12-10-25)46-30-21-41-34(42-22-30)7-3-19-36-32(39)17-18-33(40)37-20-4-8-35-43-23-31(24-44-35)47-29-15-13-28(14-16-29)45-26-5-1-2-6-26/h9-16,26,30-31,34-35,38H,1-8,17-24H2,(H,36,39)(H,37,40). The molecule has 12 heteroatoms. The number of nitrogens with one attached hydrogen (secondary N) is 2. The first-order valence-corrected chi connectivity index (χ1v) is 16.9. The molecule has 1 saturated carbocycles. The van der Waals surface area contributed by atoms with Gasteiger partial charge in [0.1, 0.15) is 35.2 Å². The van der Waals surface area contributed by atoms with Crippen molar-refractivity contribution >= 4 is 11.8 Å². The van der Waals surface area contributed by atoms with Crippen LogP contribution in [0.2, 0.25) is 0 Å². The van der Waals surface area contributed by atoms with Crippen LogP contribution in [0.5, 0.6) is 23.0 Å². The van der Waals surface area contributed by atoms with Crippen molar-refractivity contribution in [2.45, 2.75) is 95.1 Å². The minimum Gasteiger partial charge on any atom is -0.508 e. The quantitative estimate of drug-likeness (QED) is 0.212. The van der Waals surface area contributed by atoms with Crippen LogP contribution in [-0.4, -0.2) is 87.3 Å². The highest BCUT2D eigenvalue weighted by Gasteiger charge is 2.25. The molecule has 3 aliphatic rings. The number of phenolic OH excluding ortho intramolecular Hbond substituents is 1. The molecule has 0 bridgehead atoms. The minimum atomic E-state index is -0.346. The van der Waals surface area contributed by atoms with Crippen molar-refractivity contribution in [2.75, 3.05) is 39.5 Å². The van der Waals surface area contributed by atoms with E-state index in [0.29, 0.717) is 77.1 Å². The molecule has 2 amide bonds. The molecular weight excluding hydrogens is 608 g/mol. The SMILES string of the molecule is O=C(CCC(=O)NCCCC1OCC(Oc2ccc(OC3CCCC3)cc2)CO1)NCCCC1OCC(Oc2ccc(O)cc2)CO1. The molecule has 0 unspecified atom stereocenters. The van der Waals surface area contributed by atoms with Gasteiger partial charge in [0.05, 0.1) is 32.5 Å². The van der Waals surface area contributed by atoms with Gasteiger partial charge in [0.25, 0.3) is 0 Å². The number of amides is 2. The number of carbonyl (C=O) groups is 2. The van der Waals surface area contributed by atoms with E-state index in [9.17, 15) is 14.7 Å². The van der Waals surface area contributed by atoms with Crippen LogP contribution in [-0.2, 0) is 28.5 Å². The number of rotatable bonds is 17. The Hall–Kier alpha value is -3.58. The summed E-state index contributed by atoms with van der Waals surface area (Å²) >= 11 is 0. The van der Waals surface area contributed by atoms with Crippen LogP contribution in [0.1, 0.15) is 64.2 Å². The third kappa shape index (κ3) is 12.5. The average molecular weight is 657 g/mol. The summed E-state index contributed by atoms with van der Waals surface area (Å²) in [6.07, 6.45) is 6.92.